The van der Waals surface area contributed by atoms with Crippen LogP contribution in [0.15, 0.2) is 0 Å². The molecule has 1 saturated carbocycles. The molecule has 0 bridgehead atoms. The second-order valence-electron chi connectivity index (χ2n) is 5.01. The van der Waals surface area contributed by atoms with Crippen molar-refractivity contribution >= 4 is 31.9 Å². The Morgan fingerprint density at radius 2 is 1.81 bits per heavy atom. The number of fused-ring (bicyclic) bond motifs is 2. The molecule has 2 saturated heterocycles. The number of methoxy groups -OCH3 is 1. The minimum atomic E-state index is -0.568. The lowest BCUT2D eigenvalue weighted by Crippen LogP contribution is -2.35. The maximum atomic E-state index is 5.93. The summed E-state index contributed by atoms with van der Waals surface area (Å²) in [7, 11) is 1.63. The van der Waals surface area contributed by atoms with Gasteiger partial charge in [-0.1, -0.05) is 31.9 Å². The zero-order chi connectivity index (χ0) is 11.8. The smallest absolute Gasteiger partial charge is 0.187 e. The summed E-state index contributed by atoms with van der Waals surface area (Å²) in [6.45, 7) is 3.83. The molecule has 1 aliphatic carbocycles. The van der Waals surface area contributed by atoms with Gasteiger partial charge in [0, 0.05) is 13.5 Å². The van der Waals surface area contributed by atoms with Gasteiger partial charge in [0.05, 0.1) is 0 Å². The molecule has 6 heteroatoms. The maximum absolute atomic E-state index is 5.93. The molecule has 0 radical (unpaired) electrons. The van der Waals surface area contributed by atoms with Crippen LogP contribution >= 0.6 is 31.9 Å². The lowest BCUT2D eigenvalue weighted by Gasteiger charge is -2.24. The van der Waals surface area contributed by atoms with Crippen molar-refractivity contribution in [2.45, 2.75) is 53.4 Å². The second kappa shape index (κ2) is 3.22. The number of hydrogen-bond donors (Lipinski definition) is 0. The third-order valence-electron chi connectivity index (χ3n) is 3.39. The van der Waals surface area contributed by atoms with E-state index in [0.717, 1.165) is 6.42 Å². The predicted molar refractivity (Wildman–Crippen MR) is 63.6 cm³/mol. The number of rotatable bonds is 1. The molecule has 3 aliphatic rings. The molecule has 3 rings (SSSR count). The van der Waals surface area contributed by atoms with Gasteiger partial charge in [0.1, 0.15) is 21.0 Å². The maximum Gasteiger partial charge on any atom is 0.187 e. The summed E-state index contributed by atoms with van der Waals surface area (Å²) < 4.78 is 22.8. The largest absolute Gasteiger partial charge is 0.353 e. The number of hydrogen-bond acceptors (Lipinski definition) is 4. The molecule has 0 aromatic heterocycles. The van der Waals surface area contributed by atoms with Crippen LogP contribution in [0.2, 0.25) is 0 Å². The summed E-state index contributed by atoms with van der Waals surface area (Å²) in [4.78, 5) is 0. The van der Waals surface area contributed by atoms with Crippen LogP contribution in [0.1, 0.15) is 20.3 Å². The lowest BCUT2D eigenvalue weighted by molar-refractivity contribution is -0.232. The van der Waals surface area contributed by atoms with Crippen molar-refractivity contribution in [3.8, 4) is 0 Å². The van der Waals surface area contributed by atoms with Gasteiger partial charge < -0.3 is 18.9 Å². The first-order valence-corrected chi connectivity index (χ1v) is 6.84. The van der Waals surface area contributed by atoms with Gasteiger partial charge in [0.25, 0.3) is 0 Å². The van der Waals surface area contributed by atoms with Crippen molar-refractivity contribution in [1.82, 2.24) is 0 Å². The van der Waals surface area contributed by atoms with Crippen molar-refractivity contribution < 1.29 is 18.9 Å². The van der Waals surface area contributed by atoms with Gasteiger partial charge in [0.15, 0.2) is 12.1 Å². The van der Waals surface area contributed by atoms with Crippen LogP contribution < -0.4 is 0 Å². The fraction of sp³-hybridized carbons (Fsp3) is 1.00. The van der Waals surface area contributed by atoms with Crippen LogP contribution in [-0.2, 0) is 18.9 Å². The minimum absolute atomic E-state index is 0.0915. The second-order valence-corrected chi connectivity index (χ2v) is 8.79. The monoisotopic (exact) mass is 356 g/mol. The molecular formula is C10H14Br2O4. The molecular weight excluding hydrogens is 344 g/mol. The van der Waals surface area contributed by atoms with Crippen LogP contribution in [0.4, 0.5) is 0 Å². The highest BCUT2D eigenvalue weighted by Crippen LogP contribution is 2.69. The normalized spacial score (nSPS) is 51.9. The topological polar surface area (TPSA) is 36.9 Å². The molecule has 3 fully saturated rings. The fourth-order valence-corrected chi connectivity index (χ4v) is 4.07. The van der Waals surface area contributed by atoms with E-state index >= 15 is 0 Å². The number of halogens is 2. The van der Waals surface area contributed by atoms with Crippen LogP contribution in [0.5, 0.6) is 0 Å². The Hall–Kier alpha value is 0.800. The highest BCUT2D eigenvalue weighted by molar-refractivity contribution is 9.25. The molecule has 16 heavy (non-hydrogen) atoms. The lowest BCUT2D eigenvalue weighted by atomic mass is 10.1. The van der Waals surface area contributed by atoms with Crippen LogP contribution in [0.25, 0.3) is 0 Å². The van der Waals surface area contributed by atoms with E-state index in [4.69, 9.17) is 18.9 Å². The van der Waals surface area contributed by atoms with Crippen LogP contribution in [0.3, 0.4) is 0 Å². The van der Waals surface area contributed by atoms with E-state index in [1.165, 1.54) is 0 Å². The van der Waals surface area contributed by atoms with Crippen molar-refractivity contribution in [3.05, 3.63) is 0 Å². The Morgan fingerprint density at radius 1 is 1.19 bits per heavy atom. The average molecular weight is 358 g/mol. The van der Waals surface area contributed by atoms with Crippen molar-refractivity contribution in [2.24, 2.45) is 0 Å². The molecule has 92 valence electrons. The third kappa shape index (κ3) is 1.40. The Kier molecular flexibility index (Phi) is 2.39. The summed E-state index contributed by atoms with van der Waals surface area (Å²) >= 11 is 7.20. The van der Waals surface area contributed by atoms with E-state index in [9.17, 15) is 0 Å². The minimum Gasteiger partial charge on any atom is -0.353 e. The predicted octanol–water partition coefficient (Wildman–Crippen LogP) is 2.14. The molecule has 0 N–H and O–H groups in total. The Morgan fingerprint density at radius 3 is 2.31 bits per heavy atom. The van der Waals surface area contributed by atoms with Crippen molar-refractivity contribution in [3.63, 3.8) is 0 Å². The zero-order valence-corrected chi connectivity index (χ0v) is 12.5. The highest BCUT2D eigenvalue weighted by Gasteiger charge is 2.80. The van der Waals surface area contributed by atoms with Gasteiger partial charge in [-0.15, -0.1) is 0 Å². The summed E-state index contributed by atoms with van der Waals surface area (Å²) in [6, 6.07) is 0. The van der Waals surface area contributed by atoms with E-state index in [1.54, 1.807) is 7.11 Å². The van der Waals surface area contributed by atoms with Gasteiger partial charge in [-0.2, -0.15) is 0 Å². The van der Waals surface area contributed by atoms with Gasteiger partial charge in [-0.25, -0.2) is 0 Å². The standard InChI is InChI=1S/C10H14Br2O4/c1-8(2)14-5-6(15-8)9(4-10(9,11)12)16-7(5)13-3/h5-7H,4H2,1-3H3/t5-,6?,7?,9+/m0/s1. The summed E-state index contributed by atoms with van der Waals surface area (Å²) in [5.41, 5.74) is -0.369. The van der Waals surface area contributed by atoms with Crippen molar-refractivity contribution in [1.29, 1.82) is 0 Å². The molecule has 2 heterocycles. The van der Waals surface area contributed by atoms with E-state index in [1.807, 2.05) is 13.8 Å². The summed E-state index contributed by atoms with van der Waals surface area (Å²) in [5.74, 6) is -0.568. The van der Waals surface area contributed by atoms with E-state index < -0.39 is 5.79 Å². The SMILES string of the molecule is COC1O[C@]2(CC2(Br)Br)C2OC(C)(C)O[C@H]12. The molecule has 0 aromatic carbocycles. The summed E-state index contributed by atoms with van der Waals surface area (Å²) in [5, 5.41) is 0. The Labute approximate surface area is 111 Å². The molecule has 1 spiro atoms. The quantitative estimate of drug-likeness (QED) is 0.674. The first-order chi connectivity index (χ1) is 7.31. The van der Waals surface area contributed by atoms with E-state index in [-0.39, 0.29) is 27.3 Å². The van der Waals surface area contributed by atoms with Gasteiger partial charge in [0.2, 0.25) is 0 Å². The van der Waals surface area contributed by atoms with Crippen molar-refractivity contribution in [2.75, 3.05) is 7.11 Å². The number of alkyl halides is 2. The summed E-state index contributed by atoms with van der Waals surface area (Å²) in [6.07, 6.45) is 0.243. The average Bonchev–Trinajstić information content (AvgIpc) is 2.45. The Bertz CT molecular complexity index is 333. The van der Waals surface area contributed by atoms with Gasteiger partial charge >= 0.3 is 0 Å². The zero-order valence-electron chi connectivity index (χ0n) is 9.33. The Balaban J connectivity index is 1.91. The molecule has 0 amide bonds. The molecule has 4 atom stereocenters. The molecule has 4 nitrogen and oxygen atoms in total. The highest BCUT2D eigenvalue weighted by atomic mass is 79.9. The van der Waals surface area contributed by atoms with E-state index in [2.05, 4.69) is 31.9 Å². The fourth-order valence-electron chi connectivity index (χ4n) is 2.59. The van der Waals surface area contributed by atoms with Crippen LogP contribution in [0, 0.1) is 0 Å². The molecule has 2 aliphatic heterocycles. The number of ether oxygens (including phenoxy) is 4. The van der Waals surface area contributed by atoms with E-state index in [0.29, 0.717) is 0 Å². The van der Waals surface area contributed by atoms with Gasteiger partial charge in [-0.3, -0.25) is 0 Å². The first-order valence-electron chi connectivity index (χ1n) is 5.25. The first kappa shape index (κ1) is 11.9. The van der Waals surface area contributed by atoms with Crippen LogP contribution in [-0.4, -0.2) is 40.2 Å². The molecule has 2 unspecified atom stereocenters. The van der Waals surface area contributed by atoms with Gasteiger partial charge in [-0.05, 0) is 13.8 Å². The molecule has 0 aromatic rings. The third-order valence-corrected chi connectivity index (χ3v) is 5.30.